The molecule has 1 rings (SSSR count). The van der Waals surface area contributed by atoms with Crippen molar-refractivity contribution in [2.75, 3.05) is 5.32 Å². The molecule has 1 aromatic carbocycles. The fourth-order valence-electron chi connectivity index (χ4n) is 1.33. The van der Waals surface area contributed by atoms with E-state index in [9.17, 15) is 14.9 Å². The third-order valence-corrected chi connectivity index (χ3v) is 2.40. The Morgan fingerprint density at radius 1 is 1.56 bits per heavy atom. The Hall–Kier alpha value is -2.62. The number of nitro groups is 1. The van der Waals surface area contributed by atoms with Crippen LogP contribution in [0.2, 0.25) is 0 Å². The molecule has 3 N–H and O–H groups in total. The summed E-state index contributed by atoms with van der Waals surface area (Å²) in [5.74, 6) is -0.654. The largest absolute Gasteiger partial charge is 0.368 e. The maximum atomic E-state index is 11.2. The highest BCUT2D eigenvalue weighted by Crippen LogP contribution is 2.30. The van der Waals surface area contributed by atoms with Crippen LogP contribution in [-0.2, 0) is 4.79 Å². The minimum Gasteiger partial charge on any atom is -0.368 e. The summed E-state index contributed by atoms with van der Waals surface area (Å²) in [5.41, 5.74) is 3.67. The first kappa shape index (κ1) is 13.4. The van der Waals surface area contributed by atoms with E-state index in [2.05, 4.69) is 5.32 Å². The highest BCUT2D eigenvalue weighted by molar-refractivity contribution is 5.88. The van der Waals surface area contributed by atoms with Crippen LogP contribution in [0, 0.1) is 21.4 Å². The van der Waals surface area contributed by atoms with Gasteiger partial charge >= 0.3 is 5.69 Å². The first-order valence-corrected chi connectivity index (χ1v) is 5.05. The van der Waals surface area contributed by atoms with Crippen LogP contribution in [0.5, 0.6) is 0 Å². The fourth-order valence-corrected chi connectivity index (χ4v) is 1.33. The van der Waals surface area contributed by atoms with Gasteiger partial charge in [0.1, 0.15) is 22.9 Å². The summed E-state index contributed by atoms with van der Waals surface area (Å²) >= 11 is 0. The van der Waals surface area contributed by atoms with Crippen molar-refractivity contribution in [3.05, 3.63) is 33.9 Å². The molecule has 94 valence electrons. The zero-order chi connectivity index (χ0) is 13.9. The van der Waals surface area contributed by atoms with Gasteiger partial charge in [-0.05, 0) is 26.0 Å². The number of nitrogens with zero attached hydrogens (tertiary/aromatic N) is 2. The van der Waals surface area contributed by atoms with Gasteiger partial charge in [-0.15, -0.1) is 0 Å². The minimum atomic E-state index is -1.15. The van der Waals surface area contributed by atoms with Crippen LogP contribution in [0.3, 0.4) is 0 Å². The highest BCUT2D eigenvalue weighted by Gasteiger charge is 2.29. The summed E-state index contributed by atoms with van der Waals surface area (Å²) in [7, 11) is 0. The van der Waals surface area contributed by atoms with Gasteiger partial charge in [-0.25, -0.2) is 0 Å². The number of nitro benzene ring substituents is 1. The second-order valence-corrected chi connectivity index (χ2v) is 4.18. The smallest absolute Gasteiger partial charge is 0.309 e. The predicted octanol–water partition coefficient (Wildman–Crippen LogP) is 1.14. The fraction of sp³-hybridized carbons (Fsp3) is 0.273. The summed E-state index contributed by atoms with van der Waals surface area (Å²) in [6.07, 6.45) is 0. The first-order valence-electron chi connectivity index (χ1n) is 5.05. The number of primary amides is 1. The number of nitrogens with one attached hydrogen (secondary N) is 1. The quantitative estimate of drug-likeness (QED) is 0.611. The lowest BCUT2D eigenvalue weighted by atomic mass is 10.0. The molecule has 0 bridgehead atoms. The Balaban J connectivity index is 3.31. The molecule has 18 heavy (non-hydrogen) atoms. The molecular weight excluding hydrogens is 236 g/mol. The van der Waals surface area contributed by atoms with Crippen molar-refractivity contribution >= 4 is 17.3 Å². The van der Waals surface area contributed by atoms with Crippen LogP contribution in [-0.4, -0.2) is 16.4 Å². The van der Waals surface area contributed by atoms with Crippen molar-refractivity contribution in [1.82, 2.24) is 0 Å². The van der Waals surface area contributed by atoms with Crippen molar-refractivity contribution in [1.29, 1.82) is 5.26 Å². The van der Waals surface area contributed by atoms with Crippen LogP contribution in [0.1, 0.15) is 19.4 Å². The molecule has 0 fully saturated rings. The number of nitrogens with two attached hydrogens (primary N) is 1. The van der Waals surface area contributed by atoms with Crippen molar-refractivity contribution in [3.63, 3.8) is 0 Å². The molecular formula is C11H12N4O3. The van der Waals surface area contributed by atoms with E-state index in [0.717, 1.165) is 0 Å². The number of hydrogen-bond acceptors (Lipinski definition) is 5. The zero-order valence-electron chi connectivity index (χ0n) is 9.93. The van der Waals surface area contributed by atoms with Gasteiger partial charge in [0.2, 0.25) is 5.91 Å². The number of carbonyl (C=O) groups excluding carboxylic acids is 1. The molecule has 0 heterocycles. The number of para-hydroxylation sites is 1. The molecule has 0 aromatic heterocycles. The van der Waals surface area contributed by atoms with E-state index in [1.165, 1.54) is 32.0 Å². The molecule has 1 aromatic rings. The van der Waals surface area contributed by atoms with Crippen LogP contribution >= 0.6 is 0 Å². The number of nitriles is 1. The van der Waals surface area contributed by atoms with Gasteiger partial charge in [-0.2, -0.15) is 5.26 Å². The van der Waals surface area contributed by atoms with Crippen molar-refractivity contribution in [3.8, 4) is 6.07 Å². The summed E-state index contributed by atoms with van der Waals surface area (Å²) in [5, 5.41) is 22.5. The molecule has 0 saturated heterocycles. The average molecular weight is 248 g/mol. The van der Waals surface area contributed by atoms with Crippen LogP contribution < -0.4 is 11.1 Å². The summed E-state index contributed by atoms with van der Waals surface area (Å²) in [6.45, 7) is 3.00. The Bertz CT molecular complexity index is 546. The number of carbonyl (C=O) groups is 1. The Labute approximate surface area is 103 Å². The maximum absolute atomic E-state index is 11.2. The van der Waals surface area contributed by atoms with Crippen molar-refractivity contribution < 1.29 is 9.72 Å². The molecule has 0 aliphatic carbocycles. The first-order chi connectivity index (χ1) is 8.29. The lowest BCUT2D eigenvalue weighted by molar-refractivity contribution is -0.384. The Kier molecular flexibility index (Phi) is 3.52. The van der Waals surface area contributed by atoms with E-state index < -0.39 is 16.4 Å². The minimum absolute atomic E-state index is 0.0785. The van der Waals surface area contributed by atoms with Crippen LogP contribution in [0.25, 0.3) is 0 Å². The number of anilines is 1. The highest BCUT2D eigenvalue weighted by atomic mass is 16.6. The number of rotatable bonds is 4. The molecule has 7 nitrogen and oxygen atoms in total. The van der Waals surface area contributed by atoms with Gasteiger partial charge in [0, 0.05) is 0 Å². The average Bonchev–Trinajstić information content (AvgIpc) is 2.27. The number of hydrogen-bond donors (Lipinski definition) is 2. The molecule has 0 unspecified atom stereocenters. The molecule has 7 heteroatoms. The second kappa shape index (κ2) is 4.71. The molecule has 0 saturated carbocycles. The predicted molar refractivity (Wildman–Crippen MR) is 64.7 cm³/mol. The van der Waals surface area contributed by atoms with Gasteiger partial charge in [0.25, 0.3) is 0 Å². The lowest BCUT2D eigenvalue weighted by Crippen LogP contribution is -2.45. The SMILES string of the molecule is CC(C)(Nc1cccc(C#N)c1[N+](=O)[O-])C(N)=O. The van der Waals surface area contributed by atoms with Crippen molar-refractivity contribution in [2.45, 2.75) is 19.4 Å². The Morgan fingerprint density at radius 3 is 2.61 bits per heavy atom. The summed E-state index contributed by atoms with van der Waals surface area (Å²) in [6, 6.07) is 5.98. The van der Waals surface area contributed by atoms with Crippen LogP contribution in [0.15, 0.2) is 18.2 Å². The third-order valence-electron chi connectivity index (χ3n) is 2.40. The Morgan fingerprint density at radius 2 is 2.17 bits per heavy atom. The lowest BCUT2D eigenvalue weighted by Gasteiger charge is -2.23. The zero-order valence-corrected chi connectivity index (χ0v) is 9.93. The second-order valence-electron chi connectivity index (χ2n) is 4.18. The monoisotopic (exact) mass is 248 g/mol. The standard InChI is InChI=1S/C11H12N4O3/c1-11(2,10(13)16)14-8-5-3-4-7(6-12)9(8)15(17)18/h3-5,14H,1-2H3,(H2,13,16). The molecule has 0 aliphatic rings. The molecule has 0 radical (unpaired) electrons. The van der Waals surface area contributed by atoms with Gasteiger partial charge < -0.3 is 11.1 Å². The molecule has 0 aliphatic heterocycles. The normalized spacial score (nSPS) is 10.5. The molecule has 0 atom stereocenters. The maximum Gasteiger partial charge on any atom is 0.309 e. The van der Waals surface area contributed by atoms with Crippen molar-refractivity contribution in [2.24, 2.45) is 5.73 Å². The third kappa shape index (κ3) is 2.55. The van der Waals surface area contributed by atoms with E-state index >= 15 is 0 Å². The van der Waals surface area contributed by atoms with E-state index in [-0.39, 0.29) is 16.9 Å². The molecule has 1 amide bonds. The van der Waals surface area contributed by atoms with Gasteiger partial charge in [0.15, 0.2) is 0 Å². The topological polar surface area (TPSA) is 122 Å². The van der Waals surface area contributed by atoms with Gasteiger partial charge in [-0.1, -0.05) is 6.07 Å². The number of amides is 1. The van der Waals surface area contributed by atoms with E-state index in [1.807, 2.05) is 0 Å². The van der Waals surface area contributed by atoms with E-state index in [4.69, 9.17) is 11.0 Å². The van der Waals surface area contributed by atoms with E-state index in [1.54, 1.807) is 6.07 Å². The van der Waals surface area contributed by atoms with Gasteiger partial charge in [-0.3, -0.25) is 14.9 Å². The van der Waals surface area contributed by atoms with Crippen LogP contribution in [0.4, 0.5) is 11.4 Å². The van der Waals surface area contributed by atoms with E-state index in [0.29, 0.717) is 0 Å². The molecule has 0 spiro atoms. The summed E-state index contributed by atoms with van der Waals surface area (Å²) in [4.78, 5) is 21.5. The number of benzene rings is 1. The summed E-state index contributed by atoms with van der Waals surface area (Å²) < 4.78 is 0. The van der Waals surface area contributed by atoms with Gasteiger partial charge in [0.05, 0.1) is 4.92 Å².